The predicted molar refractivity (Wildman–Crippen MR) is 291 cm³/mol. The van der Waals surface area contributed by atoms with Gasteiger partial charge in [0.1, 0.15) is 11.2 Å². The zero-order valence-electron chi connectivity index (χ0n) is 38.2. The maximum Gasteiger partial charge on any atom is 0.143 e. The normalized spacial score (nSPS) is 12.7. The Morgan fingerprint density at radius 2 is 0.943 bits per heavy atom. The molecule has 1 aliphatic rings. The Kier molecular flexibility index (Phi) is 9.11. The van der Waals surface area contributed by atoms with Crippen molar-refractivity contribution in [3.05, 3.63) is 289 Å². The molecule has 11 aromatic carbocycles. The van der Waals surface area contributed by atoms with E-state index in [9.17, 15) is 0 Å². The predicted octanol–water partition coefficient (Wildman–Crippen LogP) is 17.8. The molecule has 3 heteroatoms. The number of fused-ring (bicyclic) bond motifs is 9. The Hall–Kier alpha value is -9.18. The van der Waals surface area contributed by atoms with Crippen molar-refractivity contribution >= 4 is 60.8 Å². The number of anilines is 3. The summed E-state index contributed by atoms with van der Waals surface area (Å²) in [5, 5.41) is 4.64. The molecule has 0 aliphatic heterocycles. The van der Waals surface area contributed by atoms with E-state index in [0.717, 1.165) is 66.9 Å². The van der Waals surface area contributed by atoms with Gasteiger partial charge in [0.15, 0.2) is 0 Å². The third-order valence-electron chi connectivity index (χ3n) is 14.7. The summed E-state index contributed by atoms with van der Waals surface area (Å²) in [4.78, 5) is 2.48. The minimum atomic E-state index is -0.537. The van der Waals surface area contributed by atoms with Crippen molar-refractivity contribution in [3.8, 4) is 39.1 Å². The van der Waals surface area contributed by atoms with Gasteiger partial charge in [0.2, 0.25) is 0 Å². The monoisotopic (exact) mass is 892 g/mol. The van der Waals surface area contributed by atoms with Crippen LogP contribution in [-0.2, 0) is 5.41 Å². The van der Waals surface area contributed by atoms with Crippen LogP contribution in [0.4, 0.5) is 17.1 Å². The minimum Gasteiger partial charge on any atom is -0.455 e. The van der Waals surface area contributed by atoms with Crippen molar-refractivity contribution in [3.63, 3.8) is 0 Å². The van der Waals surface area contributed by atoms with Gasteiger partial charge < -0.3 is 13.9 Å². The molecule has 0 fully saturated rings. The molecule has 0 spiro atoms. The van der Waals surface area contributed by atoms with E-state index in [4.69, 9.17) is 4.42 Å². The van der Waals surface area contributed by atoms with Crippen molar-refractivity contribution in [2.45, 2.75) is 5.41 Å². The molecule has 70 heavy (non-hydrogen) atoms. The lowest BCUT2D eigenvalue weighted by atomic mass is 9.68. The van der Waals surface area contributed by atoms with Gasteiger partial charge in [0.05, 0.1) is 22.1 Å². The number of benzene rings is 11. The van der Waals surface area contributed by atoms with Gasteiger partial charge in [0, 0.05) is 49.7 Å². The highest BCUT2D eigenvalue weighted by molar-refractivity contribution is 6.12. The second-order valence-corrected chi connectivity index (χ2v) is 18.4. The van der Waals surface area contributed by atoms with Gasteiger partial charge in [-0.3, -0.25) is 0 Å². The zero-order chi connectivity index (χ0) is 46.2. The van der Waals surface area contributed by atoms with E-state index in [0.29, 0.717) is 0 Å². The fourth-order valence-electron chi connectivity index (χ4n) is 11.7. The Labute approximate surface area is 406 Å². The number of aromatic nitrogens is 1. The average molecular weight is 893 g/mol. The first-order valence-electron chi connectivity index (χ1n) is 24.1. The second-order valence-electron chi connectivity index (χ2n) is 18.4. The van der Waals surface area contributed by atoms with Crippen molar-refractivity contribution in [1.29, 1.82) is 0 Å². The Balaban J connectivity index is 0.979. The van der Waals surface area contributed by atoms with Gasteiger partial charge in [-0.15, -0.1) is 0 Å². The molecular formula is C67H44N2O. The molecule has 3 nitrogen and oxygen atoms in total. The van der Waals surface area contributed by atoms with E-state index in [-0.39, 0.29) is 0 Å². The number of rotatable bonds is 8. The highest BCUT2D eigenvalue weighted by Crippen LogP contribution is 2.59. The summed E-state index contributed by atoms with van der Waals surface area (Å²) in [5.41, 5.74) is 20.0. The Bertz CT molecular complexity index is 4060. The third-order valence-corrected chi connectivity index (χ3v) is 14.7. The number of furan rings is 1. The van der Waals surface area contributed by atoms with Crippen molar-refractivity contribution in [1.82, 2.24) is 4.57 Å². The third kappa shape index (κ3) is 6.01. The SMILES string of the molecule is c1ccc(-c2cccc3c2oc2ccc(-c4ccc(N(c5ccc6c(c5)c5ccccc5n6-c5ccccc5)c5cccc6c5-c5ccccc5C6(c5ccccc5)c5ccccc5)cc4)cc23)cc1. The summed E-state index contributed by atoms with van der Waals surface area (Å²) in [6, 6.07) is 97.3. The lowest BCUT2D eigenvalue weighted by molar-refractivity contribution is 0.670. The summed E-state index contributed by atoms with van der Waals surface area (Å²) in [6.07, 6.45) is 0. The zero-order valence-corrected chi connectivity index (χ0v) is 38.2. The van der Waals surface area contributed by atoms with Crippen LogP contribution in [0.25, 0.3) is 82.8 Å². The van der Waals surface area contributed by atoms with Crippen LogP contribution in [0.3, 0.4) is 0 Å². The van der Waals surface area contributed by atoms with Crippen LogP contribution < -0.4 is 4.90 Å². The molecule has 14 rings (SSSR count). The molecule has 0 N–H and O–H groups in total. The standard InChI is InChI=1S/C67H44N2O/c1-5-19-46(20-6-1)53-29-17-30-55-58-43-47(37-42-64(58)70-66(53)55)45-35-38-51(39-36-45)68(52-40-41-62-57(44-52)54-27-14-16-33-61(54)69(62)50-25-11-4-12-26-50)63-34-18-32-60-65(63)56-28-13-15-31-59(56)67(60,48-21-7-2-8-22-48)49-23-9-3-10-24-49/h1-44H. The van der Waals surface area contributed by atoms with Crippen LogP contribution in [0.15, 0.2) is 271 Å². The molecule has 0 amide bonds. The first kappa shape index (κ1) is 39.9. The second kappa shape index (κ2) is 16.0. The van der Waals surface area contributed by atoms with E-state index >= 15 is 0 Å². The van der Waals surface area contributed by atoms with Crippen LogP contribution in [0.1, 0.15) is 22.3 Å². The van der Waals surface area contributed by atoms with Crippen LogP contribution in [0.2, 0.25) is 0 Å². The van der Waals surface area contributed by atoms with E-state index in [2.05, 4.69) is 276 Å². The molecule has 0 saturated heterocycles. The highest BCUT2D eigenvalue weighted by Gasteiger charge is 2.47. The molecular weight excluding hydrogens is 849 g/mol. The molecule has 0 bridgehead atoms. The summed E-state index contributed by atoms with van der Waals surface area (Å²) < 4.78 is 8.98. The Morgan fingerprint density at radius 1 is 0.357 bits per heavy atom. The topological polar surface area (TPSA) is 21.3 Å². The van der Waals surface area contributed by atoms with Gasteiger partial charge in [-0.1, -0.05) is 200 Å². The quantitative estimate of drug-likeness (QED) is 0.152. The van der Waals surface area contributed by atoms with Gasteiger partial charge >= 0.3 is 0 Å². The lowest BCUT2D eigenvalue weighted by Crippen LogP contribution is -2.28. The number of hydrogen-bond donors (Lipinski definition) is 0. The highest BCUT2D eigenvalue weighted by atomic mass is 16.3. The molecule has 2 heterocycles. The summed E-state index contributed by atoms with van der Waals surface area (Å²) in [6.45, 7) is 0. The largest absolute Gasteiger partial charge is 0.455 e. The van der Waals surface area contributed by atoms with E-state index in [1.165, 1.54) is 55.2 Å². The summed E-state index contributed by atoms with van der Waals surface area (Å²) in [7, 11) is 0. The molecule has 0 unspecified atom stereocenters. The van der Waals surface area contributed by atoms with E-state index in [1.54, 1.807) is 0 Å². The first-order valence-corrected chi connectivity index (χ1v) is 24.1. The van der Waals surface area contributed by atoms with Gasteiger partial charge in [-0.2, -0.15) is 0 Å². The Morgan fingerprint density at radius 3 is 1.71 bits per heavy atom. The van der Waals surface area contributed by atoms with Gasteiger partial charge in [0.25, 0.3) is 0 Å². The van der Waals surface area contributed by atoms with Crippen molar-refractivity contribution in [2.75, 3.05) is 4.90 Å². The molecule has 1 aliphatic carbocycles. The summed E-state index contributed by atoms with van der Waals surface area (Å²) >= 11 is 0. The summed E-state index contributed by atoms with van der Waals surface area (Å²) in [5.74, 6) is 0. The molecule has 328 valence electrons. The van der Waals surface area contributed by atoms with E-state index < -0.39 is 5.41 Å². The number of hydrogen-bond acceptors (Lipinski definition) is 2. The van der Waals surface area contributed by atoms with Crippen LogP contribution in [-0.4, -0.2) is 4.57 Å². The maximum absolute atomic E-state index is 6.59. The first-order chi connectivity index (χ1) is 34.7. The van der Waals surface area contributed by atoms with E-state index in [1.807, 2.05) is 0 Å². The number of nitrogens with zero attached hydrogens (tertiary/aromatic N) is 2. The fraction of sp³-hybridized carbons (Fsp3) is 0.0149. The molecule has 0 radical (unpaired) electrons. The van der Waals surface area contributed by atoms with Crippen LogP contribution in [0, 0.1) is 0 Å². The average Bonchev–Trinajstić information content (AvgIpc) is 4.09. The van der Waals surface area contributed by atoms with Crippen molar-refractivity contribution in [2.24, 2.45) is 0 Å². The number of para-hydroxylation sites is 3. The molecule has 0 saturated carbocycles. The van der Waals surface area contributed by atoms with Crippen LogP contribution >= 0.6 is 0 Å². The fourth-order valence-corrected chi connectivity index (χ4v) is 11.7. The molecule has 0 atom stereocenters. The lowest BCUT2D eigenvalue weighted by Gasteiger charge is -2.34. The van der Waals surface area contributed by atoms with Crippen LogP contribution in [0.5, 0.6) is 0 Å². The minimum absolute atomic E-state index is 0.537. The van der Waals surface area contributed by atoms with Gasteiger partial charge in [-0.05, 0) is 111 Å². The van der Waals surface area contributed by atoms with Crippen molar-refractivity contribution < 1.29 is 4.42 Å². The molecule has 2 aromatic heterocycles. The molecule has 13 aromatic rings. The van der Waals surface area contributed by atoms with Gasteiger partial charge in [-0.25, -0.2) is 0 Å². The maximum atomic E-state index is 6.59. The smallest absolute Gasteiger partial charge is 0.143 e.